The maximum Gasteiger partial charge on any atom is 0.443 e. The molecule has 7 nitrogen and oxygen atoms in total. The predicted octanol–water partition coefficient (Wildman–Crippen LogP) is 4.51. The molecule has 0 atom stereocenters. The van der Waals surface area contributed by atoms with E-state index in [1.807, 2.05) is 4.90 Å². The minimum Gasteiger partial charge on any atom is -0.481 e. The molecule has 5 rings (SSSR count). The molecule has 0 bridgehead atoms. The van der Waals surface area contributed by atoms with Gasteiger partial charge in [-0.3, -0.25) is 14.5 Å². The number of aliphatic carboxylic acids is 1. The van der Waals surface area contributed by atoms with Crippen LogP contribution in [-0.2, 0) is 35.3 Å². The van der Waals surface area contributed by atoms with Gasteiger partial charge in [0, 0.05) is 41.2 Å². The number of carbonyl (C=O) groups is 2. The maximum absolute atomic E-state index is 15.0. The second-order valence-electron chi connectivity index (χ2n) is 9.81. The summed E-state index contributed by atoms with van der Waals surface area (Å²) in [5.74, 6) is -2.46. The van der Waals surface area contributed by atoms with Gasteiger partial charge in [-0.15, -0.1) is 11.3 Å². The van der Waals surface area contributed by atoms with Gasteiger partial charge in [0.2, 0.25) is 5.91 Å². The van der Waals surface area contributed by atoms with E-state index < -0.39 is 28.8 Å². The molecular formula is C25H25F5N4O3S. The molecule has 13 heteroatoms. The van der Waals surface area contributed by atoms with E-state index in [1.54, 1.807) is 4.90 Å². The van der Waals surface area contributed by atoms with Crippen LogP contribution in [0.15, 0.2) is 18.3 Å². The van der Waals surface area contributed by atoms with Crippen molar-refractivity contribution in [3.63, 3.8) is 0 Å². The van der Waals surface area contributed by atoms with Crippen molar-refractivity contribution in [3.05, 3.63) is 51.1 Å². The van der Waals surface area contributed by atoms with Gasteiger partial charge < -0.3 is 14.6 Å². The molecule has 2 aliphatic heterocycles. The van der Waals surface area contributed by atoms with E-state index in [1.165, 1.54) is 10.6 Å². The molecule has 38 heavy (non-hydrogen) atoms. The van der Waals surface area contributed by atoms with Gasteiger partial charge in [-0.2, -0.15) is 13.2 Å². The summed E-state index contributed by atoms with van der Waals surface area (Å²) < 4.78 is 69.9. The number of halogens is 5. The van der Waals surface area contributed by atoms with Crippen LogP contribution in [0.2, 0.25) is 0 Å². The summed E-state index contributed by atoms with van der Waals surface area (Å²) in [5, 5.41) is 8.34. The number of hydrogen-bond donors (Lipinski definition) is 1. The fourth-order valence-electron chi connectivity index (χ4n) is 5.43. The Morgan fingerprint density at radius 2 is 1.87 bits per heavy atom. The Kier molecular flexibility index (Phi) is 7.16. The topological polar surface area (TPSA) is 78.7 Å². The quantitative estimate of drug-likeness (QED) is 0.452. The van der Waals surface area contributed by atoms with E-state index in [4.69, 9.17) is 5.11 Å². The lowest BCUT2D eigenvalue weighted by atomic mass is 9.93. The third kappa shape index (κ3) is 5.39. The zero-order valence-electron chi connectivity index (χ0n) is 20.2. The fourth-order valence-corrected chi connectivity index (χ4v) is 6.20. The molecule has 0 spiro atoms. The average Bonchev–Trinajstić information content (AvgIpc) is 3.43. The molecular weight excluding hydrogens is 531 g/mol. The molecule has 1 saturated heterocycles. The van der Waals surface area contributed by atoms with Crippen LogP contribution in [0, 0.1) is 17.6 Å². The van der Waals surface area contributed by atoms with Gasteiger partial charge >= 0.3 is 12.1 Å². The third-order valence-corrected chi connectivity index (χ3v) is 8.29. The number of benzene rings is 1. The Bertz CT molecular complexity index is 1380. The molecule has 1 fully saturated rings. The number of thiazole rings is 1. The lowest BCUT2D eigenvalue weighted by molar-refractivity contribution is -0.139. The van der Waals surface area contributed by atoms with Crippen molar-refractivity contribution in [2.45, 2.75) is 44.9 Å². The van der Waals surface area contributed by atoms with Gasteiger partial charge in [0.1, 0.15) is 11.6 Å². The van der Waals surface area contributed by atoms with Crippen molar-refractivity contribution in [1.29, 1.82) is 0 Å². The zero-order valence-corrected chi connectivity index (χ0v) is 21.0. The molecule has 2 aliphatic rings. The lowest BCUT2D eigenvalue weighted by Crippen LogP contribution is -2.45. The number of nitrogens with zero attached hydrogens (tertiary/aromatic N) is 4. The van der Waals surface area contributed by atoms with Crippen LogP contribution in [-0.4, -0.2) is 62.5 Å². The molecule has 204 valence electrons. The number of rotatable bonds is 6. The van der Waals surface area contributed by atoms with E-state index in [0.717, 1.165) is 12.3 Å². The van der Waals surface area contributed by atoms with Gasteiger partial charge in [0.25, 0.3) is 0 Å². The van der Waals surface area contributed by atoms with Crippen LogP contribution in [0.25, 0.3) is 10.9 Å². The number of likely N-dealkylation sites (tertiary alicyclic amines) is 1. The van der Waals surface area contributed by atoms with Crippen LogP contribution >= 0.6 is 11.3 Å². The highest BCUT2D eigenvalue weighted by atomic mass is 32.1. The number of amides is 1. The molecule has 4 heterocycles. The van der Waals surface area contributed by atoms with Gasteiger partial charge in [0.05, 0.1) is 25.2 Å². The van der Waals surface area contributed by atoms with E-state index in [2.05, 4.69) is 4.98 Å². The summed E-state index contributed by atoms with van der Waals surface area (Å²) in [6.07, 6.45) is -1.64. The summed E-state index contributed by atoms with van der Waals surface area (Å²) in [6, 6.07) is 1.97. The Morgan fingerprint density at radius 3 is 2.53 bits per heavy atom. The Morgan fingerprint density at radius 1 is 1.13 bits per heavy atom. The van der Waals surface area contributed by atoms with E-state index >= 15 is 0 Å². The third-order valence-electron chi connectivity index (χ3n) is 7.26. The Hall–Kier alpha value is -3.06. The van der Waals surface area contributed by atoms with Crippen molar-refractivity contribution in [3.8, 4) is 0 Å². The van der Waals surface area contributed by atoms with Crippen molar-refractivity contribution in [1.82, 2.24) is 19.4 Å². The molecule has 0 saturated carbocycles. The molecule has 0 radical (unpaired) electrons. The molecule has 1 amide bonds. The number of hydrogen-bond acceptors (Lipinski definition) is 5. The number of carboxylic acid groups (broad SMARTS) is 1. The summed E-state index contributed by atoms with van der Waals surface area (Å²) >= 11 is 0.463. The van der Waals surface area contributed by atoms with Gasteiger partial charge in [-0.05, 0) is 49.9 Å². The van der Waals surface area contributed by atoms with Gasteiger partial charge in [0.15, 0.2) is 5.01 Å². The van der Waals surface area contributed by atoms with Crippen molar-refractivity contribution < 1.29 is 36.6 Å². The summed E-state index contributed by atoms with van der Waals surface area (Å²) in [6.45, 7) is 1.74. The number of carboxylic acids is 1. The summed E-state index contributed by atoms with van der Waals surface area (Å²) in [4.78, 5) is 31.4. The van der Waals surface area contributed by atoms with E-state index in [-0.39, 0.29) is 48.3 Å². The first kappa shape index (κ1) is 26.5. The molecule has 1 aromatic carbocycles. The second-order valence-corrected chi connectivity index (χ2v) is 10.9. The van der Waals surface area contributed by atoms with Crippen LogP contribution < -0.4 is 0 Å². The minimum absolute atomic E-state index is 0.0898. The molecule has 1 N–H and O–H groups in total. The van der Waals surface area contributed by atoms with Crippen molar-refractivity contribution >= 4 is 34.1 Å². The van der Waals surface area contributed by atoms with Crippen LogP contribution in [0.1, 0.15) is 40.4 Å². The summed E-state index contributed by atoms with van der Waals surface area (Å²) in [5.41, 5.74) is 1.33. The highest BCUT2D eigenvalue weighted by Gasteiger charge is 2.35. The SMILES string of the molecule is O=C(O)CC1CCN(CC(=O)N2CCc3c(n(Cc4cnc(C(F)(F)F)s4)c4c(F)cc(F)cc34)C2)CC1. The average molecular weight is 557 g/mol. The van der Waals surface area contributed by atoms with Crippen LogP contribution in [0.4, 0.5) is 22.0 Å². The molecule has 0 aliphatic carbocycles. The van der Waals surface area contributed by atoms with Gasteiger partial charge in [-0.1, -0.05) is 0 Å². The van der Waals surface area contributed by atoms with Crippen LogP contribution in [0.5, 0.6) is 0 Å². The molecule has 2 aromatic heterocycles. The number of fused-ring (bicyclic) bond motifs is 3. The smallest absolute Gasteiger partial charge is 0.443 e. The number of carbonyl (C=O) groups excluding carboxylic acids is 1. The number of alkyl halides is 3. The van der Waals surface area contributed by atoms with E-state index in [0.29, 0.717) is 66.9 Å². The standard InChI is InChI=1S/C25H25F5N4O3S/c26-15-8-18-17-3-6-33(21(35)13-32-4-1-14(2-5-32)7-22(36)37)12-20(17)34(23(18)19(27)9-15)11-16-10-31-24(38-16)25(28,29)30/h8-10,14H,1-7,11-13H2,(H,36,37). The number of piperidine rings is 1. The highest BCUT2D eigenvalue weighted by Crippen LogP contribution is 2.36. The lowest BCUT2D eigenvalue weighted by Gasteiger charge is -2.34. The predicted molar refractivity (Wildman–Crippen MR) is 129 cm³/mol. The highest BCUT2D eigenvalue weighted by molar-refractivity contribution is 7.11. The zero-order chi connectivity index (χ0) is 27.2. The first-order valence-electron chi connectivity index (χ1n) is 12.2. The fraction of sp³-hybridized carbons (Fsp3) is 0.480. The first-order chi connectivity index (χ1) is 18.0. The van der Waals surface area contributed by atoms with E-state index in [9.17, 15) is 31.5 Å². The minimum atomic E-state index is -4.60. The maximum atomic E-state index is 15.0. The molecule has 0 unspecified atom stereocenters. The largest absolute Gasteiger partial charge is 0.481 e. The first-order valence-corrected chi connectivity index (χ1v) is 13.0. The monoisotopic (exact) mass is 556 g/mol. The normalized spacial score (nSPS) is 17.2. The Balaban J connectivity index is 1.38. The van der Waals surface area contributed by atoms with Crippen molar-refractivity contribution in [2.24, 2.45) is 5.92 Å². The van der Waals surface area contributed by atoms with Crippen molar-refractivity contribution in [2.75, 3.05) is 26.2 Å². The van der Waals surface area contributed by atoms with Gasteiger partial charge in [-0.25, -0.2) is 13.8 Å². The number of aromatic nitrogens is 2. The second kappa shape index (κ2) is 10.3. The molecule has 3 aromatic rings. The Labute approximate surface area is 218 Å². The van der Waals surface area contributed by atoms with Crippen LogP contribution in [0.3, 0.4) is 0 Å². The summed E-state index contributed by atoms with van der Waals surface area (Å²) in [7, 11) is 0.